The Bertz CT molecular complexity index is 1630. The Morgan fingerprint density at radius 3 is 1.57 bits per heavy atom. The Labute approximate surface area is 238 Å². The van der Waals surface area contributed by atoms with Crippen LogP contribution in [0, 0.1) is 11.8 Å². The molecule has 0 radical (unpaired) electrons. The number of carbonyl (C=O) groups is 1. The highest BCUT2D eigenvalue weighted by atomic mass is 32.2. The van der Waals surface area contributed by atoms with E-state index in [0.29, 0.717) is 32.7 Å². The first-order valence-electron chi connectivity index (χ1n) is 12.6. The van der Waals surface area contributed by atoms with E-state index in [1.165, 1.54) is 12.5 Å². The lowest BCUT2D eigenvalue weighted by molar-refractivity contribution is -0.127. The number of aromatic nitrogens is 2. The van der Waals surface area contributed by atoms with E-state index in [-0.39, 0.29) is 53.2 Å². The number of furan rings is 2. The maximum absolute atomic E-state index is 13.9. The first-order chi connectivity index (χ1) is 19.0. The maximum atomic E-state index is 13.9. The predicted molar refractivity (Wildman–Crippen MR) is 152 cm³/mol. The Hall–Kier alpha value is -3.01. The van der Waals surface area contributed by atoms with Crippen molar-refractivity contribution in [1.29, 1.82) is 0 Å². The highest BCUT2D eigenvalue weighted by molar-refractivity contribution is 7.92. The van der Waals surface area contributed by atoms with Crippen molar-refractivity contribution in [2.24, 2.45) is 11.8 Å². The number of nitrogens with two attached hydrogens (primary N) is 2. The van der Waals surface area contributed by atoms with Gasteiger partial charge in [-0.05, 0) is 49.9 Å². The maximum Gasteiger partial charge on any atom is 0.180 e. The molecule has 2 fully saturated rings. The van der Waals surface area contributed by atoms with E-state index in [9.17, 15) is 21.6 Å². The second kappa shape index (κ2) is 10.1. The summed E-state index contributed by atoms with van der Waals surface area (Å²) in [6.07, 6.45) is 3.46. The van der Waals surface area contributed by atoms with Crippen molar-refractivity contribution in [1.82, 2.24) is 9.97 Å². The fourth-order valence-corrected chi connectivity index (χ4v) is 12.2. The van der Waals surface area contributed by atoms with Crippen LogP contribution < -0.4 is 11.5 Å². The summed E-state index contributed by atoms with van der Waals surface area (Å²) in [5, 5.41) is -1.50. The van der Waals surface area contributed by atoms with Gasteiger partial charge in [0.2, 0.25) is 0 Å². The van der Waals surface area contributed by atoms with Crippen molar-refractivity contribution in [2.75, 3.05) is 23.0 Å². The number of sulfone groups is 2. The molecule has 0 amide bonds. The second-order valence-electron chi connectivity index (χ2n) is 10.0. The smallest absolute Gasteiger partial charge is 0.180 e. The van der Waals surface area contributed by atoms with Crippen LogP contribution in [0.3, 0.4) is 0 Å². The second-order valence-corrected chi connectivity index (χ2v) is 16.8. The predicted octanol–water partition coefficient (Wildman–Crippen LogP) is 4.29. The number of nitrogens with zero attached hydrogens (tertiary/aromatic N) is 2. The average molecular weight is 623 g/mol. The van der Waals surface area contributed by atoms with Crippen LogP contribution in [0.1, 0.15) is 45.9 Å². The zero-order valence-corrected chi connectivity index (χ0v) is 24.3. The molecule has 212 valence electrons. The lowest BCUT2D eigenvalue weighted by Gasteiger charge is -2.33. The molecule has 0 saturated carbocycles. The zero-order chi connectivity index (χ0) is 28.2. The van der Waals surface area contributed by atoms with Crippen LogP contribution in [0.4, 0.5) is 10.3 Å². The minimum Gasteiger partial charge on any atom is -0.463 e. The molecule has 6 rings (SSSR count). The molecule has 0 bridgehead atoms. The molecule has 2 saturated heterocycles. The third-order valence-electron chi connectivity index (χ3n) is 7.60. The van der Waals surface area contributed by atoms with Crippen molar-refractivity contribution in [3.8, 4) is 22.9 Å². The minimum atomic E-state index is -3.58. The third-order valence-corrected chi connectivity index (χ3v) is 14.1. The summed E-state index contributed by atoms with van der Waals surface area (Å²) in [4.78, 5) is 23.4. The van der Waals surface area contributed by atoms with Crippen LogP contribution in [-0.4, -0.2) is 44.1 Å². The fraction of sp³-hybridized carbons (Fsp3) is 0.400. The number of Topliss-reactive ketones (excluding diaryl/α,β-unsaturated/α-hetero) is 1. The van der Waals surface area contributed by atoms with Crippen molar-refractivity contribution in [3.05, 3.63) is 46.5 Å². The standard InChI is InChI=1S/C25H26N4O7S4/c26-24-28-19(15-3-1-7-35-15)22(37-24)17-11-13(5-9-39(17,31)32)21(30)14-6-10-40(33,34)18(12-14)23-20(29-25(27)38-23)16-4-2-8-36-16/h1-4,7-8,13-14,17-18H,5-6,9-12H2,(H2,26,28)(H2,27,29). The molecule has 15 heteroatoms. The van der Waals surface area contributed by atoms with E-state index in [4.69, 9.17) is 20.3 Å². The van der Waals surface area contributed by atoms with Crippen LogP contribution in [-0.2, 0) is 24.5 Å². The van der Waals surface area contributed by atoms with Crippen LogP contribution in [0.2, 0.25) is 0 Å². The molecule has 0 spiro atoms. The van der Waals surface area contributed by atoms with Crippen LogP contribution in [0.25, 0.3) is 22.9 Å². The van der Waals surface area contributed by atoms with E-state index in [1.807, 2.05) is 0 Å². The van der Waals surface area contributed by atoms with Crippen LogP contribution >= 0.6 is 22.7 Å². The normalized spacial score (nSPS) is 26.0. The van der Waals surface area contributed by atoms with Crippen LogP contribution in [0.15, 0.2) is 45.6 Å². The number of hydrogen-bond acceptors (Lipinski definition) is 13. The van der Waals surface area contributed by atoms with Crippen molar-refractivity contribution in [3.63, 3.8) is 0 Å². The van der Waals surface area contributed by atoms with Gasteiger partial charge in [-0.15, -0.1) is 22.7 Å². The molecule has 2 aliphatic rings. The lowest BCUT2D eigenvalue weighted by Crippen LogP contribution is -2.38. The summed E-state index contributed by atoms with van der Waals surface area (Å²) >= 11 is 2.16. The number of carbonyl (C=O) groups excluding carboxylic acids is 1. The van der Waals surface area contributed by atoms with E-state index in [0.717, 1.165) is 22.7 Å². The molecule has 40 heavy (non-hydrogen) atoms. The summed E-state index contributed by atoms with van der Waals surface area (Å²) < 4.78 is 63.8. The summed E-state index contributed by atoms with van der Waals surface area (Å²) in [7, 11) is -7.16. The van der Waals surface area contributed by atoms with E-state index in [2.05, 4.69) is 9.97 Å². The van der Waals surface area contributed by atoms with Gasteiger partial charge >= 0.3 is 0 Å². The Morgan fingerprint density at radius 2 is 1.20 bits per heavy atom. The van der Waals surface area contributed by atoms with Gasteiger partial charge < -0.3 is 20.3 Å². The Morgan fingerprint density at radius 1 is 0.775 bits per heavy atom. The quantitative estimate of drug-likeness (QED) is 0.312. The molecule has 4 N–H and O–H groups in total. The molecule has 11 nitrogen and oxygen atoms in total. The van der Waals surface area contributed by atoms with Gasteiger partial charge in [-0.2, -0.15) is 0 Å². The molecule has 4 aromatic heterocycles. The lowest BCUT2D eigenvalue weighted by atomic mass is 9.82. The summed E-state index contributed by atoms with van der Waals surface area (Å²) in [6, 6.07) is 6.72. The van der Waals surface area contributed by atoms with Gasteiger partial charge in [0.05, 0.1) is 44.3 Å². The summed E-state index contributed by atoms with van der Waals surface area (Å²) in [5.74, 6) is -0.731. The summed E-state index contributed by atoms with van der Waals surface area (Å²) in [5.41, 5.74) is 12.7. The average Bonchev–Trinajstić information content (AvgIpc) is 3.70. The van der Waals surface area contributed by atoms with Gasteiger partial charge in [0.1, 0.15) is 17.2 Å². The topological polar surface area (TPSA) is 189 Å². The van der Waals surface area contributed by atoms with Gasteiger partial charge in [-0.25, -0.2) is 26.8 Å². The first-order valence-corrected chi connectivity index (χ1v) is 17.7. The zero-order valence-electron chi connectivity index (χ0n) is 21.1. The number of anilines is 2. The third kappa shape index (κ3) is 4.88. The highest BCUT2D eigenvalue weighted by Gasteiger charge is 2.46. The number of rotatable bonds is 6. The van der Waals surface area contributed by atoms with Gasteiger partial charge in [0, 0.05) is 11.8 Å². The molecule has 6 heterocycles. The molecule has 0 aliphatic carbocycles. The molecular weight excluding hydrogens is 597 g/mol. The van der Waals surface area contributed by atoms with Crippen molar-refractivity contribution in [2.45, 2.75) is 36.2 Å². The molecule has 0 aromatic carbocycles. The Kier molecular flexibility index (Phi) is 6.87. The van der Waals surface area contributed by atoms with Gasteiger partial charge in [-0.1, -0.05) is 0 Å². The van der Waals surface area contributed by atoms with E-state index in [1.54, 1.807) is 24.3 Å². The van der Waals surface area contributed by atoms with E-state index >= 15 is 0 Å². The largest absolute Gasteiger partial charge is 0.463 e. The fourth-order valence-electron chi connectivity index (χ4n) is 5.65. The number of thiazole rings is 2. The van der Waals surface area contributed by atoms with Crippen LogP contribution in [0.5, 0.6) is 0 Å². The number of ketones is 1. The molecular formula is C25H26N4O7S4. The summed E-state index contributed by atoms with van der Waals surface area (Å²) in [6.45, 7) is 0. The van der Waals surface area contributed by atoms with Gasteiger partial charge in [0.15, 0.2) is 41.5 Å². The van der Waals surface area contributed by atoms with Crippen molar-refractivity contribution < 1.29 is 30.5 Å². The number of nitrogen functional groups attached to an aromatic ring is 2. The van der Waals surface area contributed by atoms with Gasteiger partial charge in [0.25, 0.3) is 0 Å². The minimum absolute atomic E-state index is 0.0789. The van der Waals surface area contributed by atoms with Crippen molar-refractivity contribution >= 4 is 58.4 Å². The molecule has 4 unspecified atom stereocenters. The highest BCUT2D eigenvalue weighted by Crippen LogP contribution is 2.48. The molecule has 2 aliphatic heterocycles. The SMILES string of the molecule is Nc1nc(-c2ccco2)c(C2CC(C(=O)C3CCS(=O)(=O)C(c4sc(N)nc4-c4ccco4)C3)CCS2(=O)=O)s1. The van der Waals surface area contributed by atoms with E-state index < -0.39 is 42.0 Å². The Balaban J connectivity index is 1.28. The number of hydrogen-bond donors (Lipinski definition) is 2. The monoisotopic (exact) mass is 622 g/mol. The van der Waals surface area contributed by atoms with Gasteiger partial charge in [-0.3, -0.25) is 4.79 Å². The molecule has 4 atom stereocenters. The first kappa shape index (κ1) is 27.2. The molecule has 4 aromatic rings.